The number of halogens is 4. The van der Waals surface area contributed by atoms with E-state index in [1.54, 1.807) is 24.3 Å². The zero-order valence-corrected chi connectivity index (χ0v) is 41.4. The maximum absolute atomic E-state index is 12.8. The van der Waals surface area contributed by atoms with E-state index in [2.05, 4.69) is 128 Å². The first-order valence-electron chi connectivity index (χ1n) is 21.4. The standard InChI is InChI=1S/C39H45.C13H8F2.C5H5.2ClH.Zr/c1-9-15-26-17-11-13-19-30(26)34-22-28-21-29-23-35(31-20-14-12-18-27(31)16-10-2)37(39(6,7)8)25-33(29)32(28)24-36(34)38(3,4)5;14-12-5-1-10(2-6-12)9-11-3-7-13(15)8-4-11;1-2-4-5-3-1;;;/h11-14,17-20,22,24-25H,9-10,15-16,21H2,1-8H3;1-8H;1-5H;2*1H;/q-1;;-1;;;+2/p-2. The number of aryl methyl sites for hydroxylation is 2. The Bertz CT molecular complexity index is 2340. The van der Waals surface area contributed by atoms with Crippen LogP contribution in [0.4, 0.5) is 8.78 Å². The fraction of sp³-hybridized carbons (Fsp3) is 0.263. The average Bonchev–Trinajstić information content (AvgIpc) is 3.93. The molecule has 0 bridgehead atoms. The molecule has 0 spiro atoms. The van der Waals surface area contributed by atoms with Gasteiger partial charge in [0.15, 0.2) is 0 Å². The molecule has 320 valence electrons. The Balaban J connectivity index is 0.000000302. The van der Waals surface area contributed by atoms with Gasteiger partial charge in [0.1, 0.15) is 0 Å². The summed E-state index contributed by atoms with van der Waals surface area (Å²) in [4.78, 5) is 0. The first-order valence-corrected chi connectivity index (χ1v) is 22.6. The van der Waals surface area contributed by atoms with Crippen LogP contribution in [0.15, 0.2) is 146 Å². The Labute approximate surface area is 397 Å². The Morgan fingerprint density at radius 1 is 0.565 bits per heavy atom. The van der Waals surface area contributed by atoms with Gasteiger partial charge in [0.2, 0.25) is 0 Å². The normalized spacial score (nSPS) is 11.4. The fourth-order valence-corrected chi connectivity index (χ4v) is 8.91. The molecule has 7 aromatic rings. The van der Waals surface area contributed by atoms with E-state index in [0.29, 0.717) is 0 Å². The van der Waals surface area contributed by atoms with Crippen LogP contribution in [0, 0.1) is 17.7 Å². The molecule has 0 saturated heterocycles. The Morgan fingerprint density at radius 2 is 1.03 bits per heavy atom. The second kappa shape index (κ2) is 22.5. The molecular weight excluding hydrogens is 885 g/mol. The number of hydrogen-bond acceptors (Lipinski definition) is 0. The Morgan fingerprint density at radius 3 is 1.50 bits per heavy atom. The van der Waals surface area contributed by atoms with Gasteiger partial charge < -0.3 is 24.8 Å². The minimum absolute atomic E-state index is 0. The third kappa shape index (κ3) is 12.3. The van der Waals surface area contributed by atoms with Gasteiger partial charge in [-0.3, -0.25) is 0 Å². The van der Waals surface area contributed by atoms with E-state index < -0.39 is 0 Å². The molecule has 0 saturated carbocycles. The van der Waals surface area contributed by atoms with Crippen molar-refractivity contribution in [2.24, 2.45) is 0 Å². The number of fused-ring (bicyclic) bond motifs is 3. The maximum Gasteiger partial charge on any atom is -0.172 e. The van der Waals surface area contributed by atoms with E-state index in [1.165, 1.54) is 115 Å². The van der Waals surface area contributed by atoms with Gasteiger partial charge in [-0.1, -0.05) is 151 Å². The van der Waals surface area contributed by atoms with Crippen LogP contribution in [0.3, 0.4) is 0 Å². The number of benzene rings is 6. The van der Waals surface area contributed by atoms with E-state index in [1.807, 2.05) is 30.3 Å². The number of rotatable bonds is 8. The average molecular weight is 943 g/mol. The van der Waals surface area contributed by atoms with Crippen molar-refractivity contribution in [3.8, 4) is 33.4 Å². The van der Waals surface area contributed by atoms with Crippen molar-refractivity contribution < 1.29 is 57.8 Å². The van der Waals surface area contributed by atoms with Crippen molar-refractivity contribution in [3.63, 3.8) is 0 Å². The summed E-state index contributed by atoms with van der Waals surface area (Å²) < 4.78 is 26.6. The van der Waals surface area contributed by atoms with Crippen molar-refractivity contribution in [1.29, 1.82) is 0 Å². The predicted molar refractivity (Wildman–Crippen MR) is 248 cm³/mol. The molecule has 0 N–H and O–H groups in total. The molecule has 7 aromatic carbocycles. The van der Waals surface area contributed by atoms with Gasteiger partial charge in [0, 0.05) is 0 Å². The summed E-state index contributed by atoms with van der Waals surface area (Å²) in [5.41, 5.74) is 18.8. The van der Waals surface area contributed by atoms with Gasteiger partial charge >= 0.3 is 108 Å². The van der Waals surface area contributed by atoms with Crippen LogP contribution in [0.5, 0.6) is 0 Å². The molecule has 0 aromatic heterocycles. The van der Waals surface area contributed by atoms with Crippen molar-refractivity contribution >= 4 is 3.21 Å². The zero-order chi connectivity index (χ0) is 43.0. The molecule has 0 fully saturated rings. The van der Waals surface area contributed by atoms with Gasteiger partial charge in [-0.05, 0) is 57.9 Å². The minimum Gasteiger partial charge on any atom is -1.00 e. The molecule has 62 heavy (non-hydrogen) atoms. The van der Waals surface area contributed by atoms with Crippen LogP contribution in [0.2, 0.25) is 0 Å². The topological polar surface area (TPSA) is 0 Å². The Hall–Kier alpha value is -4.14. The zero-order valence-electron chi connectivity index (χ0n) is 37.4. The molecule has 1 aliphatic carbocycles. The van der Waals surface area contributed by atoms with Gasteiger partial charge in [0.05, 0.1) is 0 Å². The SMILES string of the molecule is CCCc1ccccc1-c1[c-]c2c(cc1C(C)(C)C)-c1cc(C(C)(C)C)c(-c3ccccc3CCC)cc1C2.Fc1ccc([C](=[Zr+2])c2ccc(F)cc2)cc1.[Cl-].[Cl-].c1cc[cH-]c1. The summed E-state index contributed by atoms with van der Waals surface area (Å²) in [6.07, 6.45) is 5.47. The molecule has 8 rings (SSSR count). The predicted octanol–water partition coefficient (Wildman–Crippen LogP) is 9.39. The van der Waals surface area contributed by atoms with Gasteiger partial charge in [0.25, 0.3) is 0 Å². The third-order valence-corrected chi connectivity index (χ3v) is 12.5. The van der Waals surface area contributed by atoms with E-state index in [-0.39, 0.29) is 47.3 Å². The fourth-order valence-electron chi connectivity index (χ4n) is 8.09. The van der Waals surface area contributed by atoms with E-state index >= 15 is 0 Å². The van der Waals surface area contributed by atoms with Crippen LogP contribution in [0.25, 0.3) is 33.4 Å². The molecule has 0 amide bonds. The third-order valence-electron chi connectivity index (χ3n) is 11.1. The molecule has 0 aliphatic heterocycles. The summed E-state index contributed by atoms with van der Waals surface area (Å²) >= 11 is 1.22. The molecule has 1 aliphatic rings. The van der Waals surface area contributed by atoms with Crippen LogP contribution in [-0.2, 0) is 54.3 Å². The molecule has 0 heterocycles. The second-order valence-electron chi connectivity index (χ2n) is 17.8. The van der Waals surface area contributed by atoms with Gasteiger partial charge in [-0.2, -0.15) is 18.2 Å². The molecule has 5 heteroatoms. The van der Waals surface area contributed by atoms with E-state index in [9.17, 15) is 8.78 Å². The summed E-state index contributed by atoms with van der Waals surface area (Å²) in [7, 11) is 0. The largest absolute Gasteiger partial charge is 1.00 e. The quantitative estimate of drug-likeness (QED) is 0.133. The summed E-state index contributed by atoms with van der Waals surface area (Å²) in [6.45, 7) is 18.7. The molecular formula is C57H58Cl2F2Zr-2. The van der Waals surface area contributed by atoms with E-state index in [4.69, 9.17) is 0 Å². The molecule has 0 unspecified atom stereocenters. The van der Waals surface area contributed by atoms with Crippen LogP contribution >= 0.6 is 0 Å². The first kappa shape index (κ1) is 50.5. The van der Waals surface area contributed by atoms with Crippen molar-refractivity contribution in [3.05, 3.63) is 208 Å². The van der Waals surface area contributed by atoms with Crippen molar-refractivity contribution in [1.82, 2.24) is 0 Å². The summed E-state index contributed by atoms with van der Waals surface area (Å²) in [6, 6.07) is 52.3. The van der Waals surface area contributed by atoms with Crippen LogP contribution in [0.1, 0.15) is 113 Å². The van der Waals surface area contributed by atoms with Crippen molar-refractivity contribution in [2.45, 2.75) is 98.3 Å². The molecule has 0 radical (unpaired) electrons. The maximum atomic E-state index is 12.8. The number of hydrogen-bond donors (Lipinski definition) is 0. The van der Waals surface area contributed by atoms with Crippen LogP contribution in [-0.4, -0.2) is 3.21 Å². The minimum atomic E-state index is -0.244. The molecule has 0 nitrogen and oxygen atoms in total. The summed E-state index contributed by atoms with van der Waals surface area (Å²) in [5, 5.41) is 0. The first-order chi connectivity index (χ1) is 28.7. The smallest absolute Gasteiger partial charge is 0.172 e. The van der Waals surface area contributed by atoms with Crippen molar-refractivity contribution in [2.75, 3.05) is 0 Å². The van der Waals surface area contributed by atoms with Crippen LogP contribution < -0.4 is 24.8 Å². The Kier molecular flexibility index (Phi) is 18.3. The van der Waals surface area contributed by atoms with Gasteiger partial charge in [-0.25, -0.2) is 12.1 Å². The second-order valence-corrected chi connectivity index (χ2v) is 19.1. The monoisotopic (exact) mass is 940 g/mol. The summed E-state index contributed by atoms with van der Waals surface area (Å²) in [5.74, 6) is -0.488. The van der Waals surface area contributed by atoms with E-state index in [0.717, 1.165) is 46.4 Å². The van der Waals surface area contributed by atoms with Gasteiger partial charge in [-0.15, -0.1) is 28.8 Å². The molecule has 0 atom stereocenters.